The molecule has 1 saturated carbocycles. The maximum absolute atomic E-state index is 13.5. The van der Waals surface area contributed by atoms with Crippen LogP contribution in [0, 0.1) is 16.7 Å². The lowest BCUT2D eigenvalue weighted by Gasteiger charge is -2.33. The molecule has 3 atom stereocenters. The van der Waals surface area contributed by atoms with E-state index in [1.165, 1.54) is 6.92 Å². The molecule has 2 rings (SSSR count). The summed E-state index contributed by atoms with van der Waals surface area (Å²) < 4.78 is 31.7. The number of benzene rings is 1. The Bertz CT molecular complexity index is 1280. The highest BCUT2D eigenvalue weighted by Crippen LogP contribution is 2.29. The second-order valence-corrected chi connectivity index (χ2v) is 11.0. The highest BCUT2D eigenvalue weighted by molar-refractivity contribution is 6.03. The molecule has 0 bridgehead atoms. The second-order valence-electron chi connectivity index (χ2n) is 11.0. The number of guanidine groups is 1. The summed E-state index contributed by atoms with van der Waals surface area (Å²) in [5.74, 6) is -6.73. The van der Waals surface area contributed by atoms with Gasteiger partial charge in [-0.3, -0.25) is 29.6 Å². The minimum atomic E-state index is -5.08. The van der Waals surface area contributed by atoms with Crippen LogP contribution in [0.1, 0.15) is 63.0 Å². The van der Waals surface area contributed by atoms with Crippen LogP contribution in [-0.2, 0) is 30.4 Å². The smallest absolute Gasteiger partial charge is 0.480 e. The Morgan fingerprint density at radius 1 is 0.957 bits per heavy atom. The highest BCUT2D eigenvalue weighted by Gasteiger charge is 2.44. The van der Waals surface area contributed by atoms with Crippen LogP contribution in [0.15, 0.2) is 29.3 Å². The van der Waals surface area contributed by atoms with Gasteiger partial charge in [-0.1, -0.05) is 43.5 Å². The zero-order valence-electron chi connectivity index (χ0n) is 25.2. The zero-order chi connectivity index (χ0) is 35.2. The molecule has 1 unspecified atom stereocenters. The largest absolute Gasteiger partial charge is 0.490 e. The van der Waals surface area contributed by atoms with Crippen LogP contribution in [-0.4, -0.2) is 76.5 Å². The van der Waals surface area contributed by atoms with E-state index in [2.05, 4.69) is 15.6 Å². The molecule has 3 amide bonds. The summed E-state index contributed by atoms with van der Waals surface area (Å²) in [4.78, 5) is 64.0. The summed E-state index contributed by atoms with van der Waals surface area (Å²) in [5, 5.41) is 30.0. The first-order valence-electron chi connectivity index (χ1n) is 14.2. The first-order valence-corrected chi connectivity index (χ1v) is 14.2. The second kappa shape index (κ2) is 17.6. The van der Waals surface area contributed by atoms with Gasteiger partial charge >= 0.3 is 18.1 Å². The Morgan fingerprint density at radius 3 is 1.93 bits per heavy atom. The third kappa shape index (κ3) is 12.6. The van der Waals surface area contributed by atoms with E-state index in [-0.39, 0.29) is 37.1 Å². The van der Waals surface area contributed by atoms with Crippen LogP contribution in [0.25, 0.3) is 0 Å². The van der Waals surface area contributed by atoms with Crippen molar-refractivity contribution in [3.8, 4) is 0 Å². The number of aliphatic carboxylic acids is 2. The van der Waals surface area contributed by atoms with E-state index in [4.69, 9.17) is 38.2 Å². The van der Waals surface area contributed by atoms with Crippen molar-refractivity contribution in [3.63, 3.8) is 0 Å². The molecule has 0 saturated heterocycles. The number of rotatable bonds is 14. The molecule has 0 aliphatic heterocycles. The number of primary amides is 1. The average Bonchev–Trinajstić information content (AvgIpc) is 2.97. The van der Waals surface area contributed by atoms with E-state index in [9.17, 15) is 37.5 Å². The standard InChI is InChI=1S/C26H40N8O5.C2HF3O2/c1-26(24(38)39,14-15-9-11-17(12-10-15)20(27)28)23(37)34-19(16-6-3-2-4-7-16)22(36)33-18(21(29)35)8-5-13-32-25(30)31;3-2(4,5)1(6)7/h9-12,16,18-19H,2-8,13-14H2,1H3,(H3,27,28)(H2,29,35)(H,33,36)(H,34,37)(H,38,39)(H4,30,31,32);(H,6,7)/t18-,19-,26?;/m0./s1. The summed E-state index contributed by atoms with van der Waals surface area (Å²) in [6.07, 6.45) is -0.614. The fourth-order valence-electron chi connectivity index (χ4n) is 4.68. The van der Waals surface area contributed by atoms with Crippen molar-refractivity contribution in [2.45, 2.75) is 76.6 Å². The normalized spacial score (nSPS) is 15.8. The molecule has 15 nitrogen and oxygen atoms in total. The van der Waals surface area contributed by atoms with Crippen molar-refractivity contribution in [1.29, 1.82) is 5.41 Å². The van der Waals surface area contributed by atoms with Gasteiger partial charge in [0.15, 0.2) is 5.96 Å². The highest BCUT2D eigenvalue weighted by atomic mass is 19.4. The SMILES string of the molecule is CC(Cc1ccc(C(=N)N)cc1)(C(=O)O)C(=O)N[C@H](C(=O)N[C@@H](CCCN=C(N)N)C(N)=O)C1CCCCC1.O=C(O)C(F)(F)F. The maximum atomic E-state index is 13.5. The molecule has 0 radical (unpaired) electrons. The Labute approximate surface area is 262 Å². The lowest BCUT2D eigenvalue weighted by Crippen LogP contribution is -2.59. The predicted octanol–water partition coefficient (Wildman–Crippen LogP) is 0.326. The van der Waals surface area contributed by atoms with Crippen molar-refractivity contribution in [2.24, 2.45) is 39.3 Å². The van der Waals surface area contributed by atoms with E-state index in [1.807, 2.05) is 0 Å². The minimum Gasteiger partial charge on any atom is -0.480 e. The summed E-state index contributed by atoms with van der Waals surface area (Å²) in [5.41, 5.74) is 20.7. The number of carbonyl (C=O) groups is 5. The molecule has 46 heavy (non-hydrogen) atoms. The number of alkyl halides is 3. The van der Waals surface area contributed by atoms with Gasteiger partial charge in [0, 0.05) is 12.1 Å². The molecule has 1 fully saturated rings. The third-order valence-corrected chi connectivity index (χ3v) is 7.33. The molecule has 13 N–H and O–H groups in total. The number of amides is 3. The number of carboxylic acids is 2. The molecule has 1 aromatic carbocycles. The zero-order valence-corrected chi connectivity index (χ0v) is 25.2. The minimum absolute atomic E-state index is 0.0917. The Hall–Kier alpha value is -4.90. The van der Waals surface area contributed by atoms with Crippen LogP contribution in [0.2, 0.25) is 0 Å². The number of hydrogen-bond donors (Lipinski definition) is 9. The molecule has 0 aromatic heterocycles. The Balaban J connectivity index is 0.00000135. The van der Waals surface area contributed by atoms with Gasteiger partial charge in [0.2, 0.25) is 17.7 Å². The lowest BCUT2D eigenvalue weighted by molar-refractivity contribution is -0.192. The number of carboxylic acid groups (broad SMARTS) is 2. The summed E-state index contributed by atoms with van der Waals surface area (Å²) in [7, 11) is 0. The number of nitrogens with two attached hydrogens (primary N) is 4. The Kier molecular flexibility index (Phi) is 14.9. The summed E-state index contributed by atoms with van der Waals surface area (Å²) in [6, 6.07) is 4.31. The quantitative estimate of drug-likeness (QED) is 0.0571. The van der Waals surface area contributed by atoms with Crippen LogP contribution in [0.3, 0.4) is 0 Å². The molecule has 256 valence electrons. The van der Waals surface area contributed by atoms with Crippen molar-refractivity contribution in [1.82, 2.24) is 10.6 Å². The van der Waals surface area contributed by atoms with Gasteiger partial charge in [0.1, 0.15) is 23.3 Å². The van der Waals surface area contributed by atoms with Gasteiger partial charge in [-0.05, 0) is 50.5 Å². The van der Waals surface area contributed by atoms with Gasteiger partial charge in [-0.25, -0.2) is 4.79 Å². The number of aliphatic imine (C=N–C) groups is 1. The van der Waals surface area contributed by atoms with Crippen LogP contribution in [0.5, 0.6) is 0 Å². The van der Waals surface area contributed by atoms with E-state index in [0.717, 1.165) is 19.3 Å². The van der Waals surface area contributed by atoms with E-state index >= 15 is 0 Å². The summed E-state index contributed by atoms with van der Waals surface area (Å²) >= 11 is 0. The van der Waals surface area contributed by atoms with Crippen molar-refractivity contribution >= 4 is 41.5 Å². The van der Waals surface area contributed by atoms with Crippen molar-refractivity contribution in [2.75, 3.05) is 6.54 Å². The number of nitrogen functional groups attached to an aromatic ring is 1. The molecule has 1 aliphatic carbocycles. The maximum Gasteiger partial charge on any atom is 0.490 e. The van der Waals surface area contributed by atoms with Crippen LogP contribution >= 0.6 is 0 Å². The predicted molar refractivity (Wildman–Crippen MR) is 160 cm³/mol. The lowest BCUT2D eigenvalue weighted by atomic mass is 9.80. The topological polar surface area (TPSA) is 290 Å². The molecule has 0 spiro atoms. The molecule has 1 aromatic rings. The van der Waals surface area contributed by atoms with E-state index < -0.39 is 53.3 Å². The van der Waals surface area contributed by atoms with Gasteiger partial charge in [-0.15, -0.1) is 0 Å². The fourth-order valence-corrected chi connectivity index (χ4v) is 4.68. The van der Waals surface area contributed by atoms with Gasteiger partial charge < -0.3 is 43.8 Å². The fraction of sp³-hybridized carbons (Fsp3) is 0.536. The number of amidine groups is 1. The summed E-state index contributed by atoms with van der Waals surface area (Å²) in [6.45, 7) is 1.55. The molecule has 18 heteroatoms. The average molecular weight is 659 g/mol. The number of carbonyl (C=O) groups excluding carboxylic acids is 3. The molecule has 1 aliphatic rings. The van der Waals surface area contributed by atoms with Gasteiger partial charge in [-0.2, -0.15) is 13.2 Å². The number of nitrogens with one attached hydrogen (secondary N) is 3. The first-order chi connectivity index (χ1) is 21.3. The first kappa shape index (κ1) is 39.1. The van der Waals surface area contributed by atoms with Gasteiger partial charge in [0.05, 0.1) is 0 Å². The monoisotopic (exact) mass is 658 g/mol. The van der Waals surface area contributed by atoms with Gasteiger partial charge in [0.25, 0.3) is 0 Å². The number of halogens is 3. The third-order valence-electron chi connectivity index (χ3n) is 7.33. The van der Waals surface area contributed by atoms with Crippen LogP contribution < -0.4 is 33.6 Å². The van der Waals surface area contributed by atoms with Crippen molar-refractivity contribution < 1.29 is 47.4 Å². The van der Waals surface area contributed by atoms with E-state index in [0.29, 0.717) is 30.4 Å². The molecular weight excluding hydrogens is 617 g/mol. The van der Waals surface area contributed by atoms with Crippen molar-refractivity contribution in [3.05, 3.63) is 35.4 Å². The Morgan fingerprint density at radius 2 is 1.50 bits per heavy atom. The molecular formula is C28H41F3N8O7. The number of nitrogens with zero attached hydrogens (tertiary/aromatic N) is 1. The van der Waals surface area contributed by atoms with Crippen LogP contribution in [0.4, 0.5) is 13.2 Å². The molecule has 0 heterocycles. The number of hydrogen-bond acceptors (Lipinski definition) is 7. The van der Waals surface area contributed by atoms with E-state index in [1.54, 1.807) is 24.3 Å².